The number of pyridine rings is 1. The fourth-order valence-electron chi connectivity index (χ4n) is 5.75. The second-order valence-electron chi connectivity index (χ2n) is 10.0. The Hall–Kier alpha value is -3.68. The van der Waals surface area contributed by atoms with Crippen LogP contribution in [0.5, 0.6) is 17.2 Å². The minimum Gasteiger partial charge on any atom is -0.493 e. The third-order valence-electron chi connectivity index (χ3n) is 7.49. The molecule has 1 N–H and O–H groups in total. The summed E-state index contributed by atoms with van der Waals surface area (Å²) in [5, 5.41) is 3.00. The lowest BCUT2D eigenvalue weighted by Gasteiger charge is -2.21. The highest BCUT2D eigenvalue weighted by molar-refractivity contribution is 5.92. The number of halogens is 2. The Bertz CT molecular complexity index is 1390. The van der Waals surface area contributed by atoms with Gasteiger partial charge >= 0.3 is 0 Å². The van der Waals surface area contributed by atoms with Gasteiger partial charge < -0.3 is 19.4 Å². The molecule has 2 aliphatic carbocycles. The molecule has 1 amide bonds. The van der Waals surface area contributed by atoms with Crippen LogP contribution in [0.1, 0.15) is 39.0 Å². The molecule has 2 aliphatic rings. The molecule has 2 bridgehead atoms. The van der Waals surface area contributed by atoms with Crippen LogP contribution in [0.15, 0.2) is 53.5 Å². The van der Waals surface area contributed by atoms with Crippen molar-refractivity contribution in [2.45, 2.75) is 39.0 Å². The van der Waals surface area contributed by atoms with Crippen LogP contribution in [0.2, 0.25) is 0 Å². The summed E-state index contributed by atoms with van der Waals surface area (Å²) in [6.07, 6.45) is 6.95. The Morgan fingerprint density at radius 3 is 2.54 bits per heavy atom. The zero-order valence-electron chi connectivity index (χ0n) is 20.9. The lowest BCUT2D eigenvalue weighted by molar-refractivity contribution is -0.117. The van der Waals surface area contributed by atoms with E-state index in [1.165, 1.54) is 36.0 Å². The van der Waals surface area contributed by atoms with Gasteiger partial charge in [-0.3, -0.25) is 9.59 Å². The molecule has 1 aromatic heterocycles. The Morgan fingerprint density at radius 1 is 1.03 bits per heavy atom. The number of anilines is 1. The first-order valence-electron chi connectivity index (χ1n) is 12.7. The average molecular weight is 509 g/mol. The molecule has 194 valence electrons. The Labute approximate surface area is 214 Å². The predicted molar refractivity (Wildman–Crippen MR) is 137 cm³/mol. The van der Waals surface area contributed by atoms with Crippen molar-refractivity contribution in [2.24, 2.45) is 24.8 Å². The zero-order chi connectivity index (χ0) is 26.1. The van der Waals surface area contributed by atoms with Crippen molar-refractivity contribution in [1.29, 1.82) is 0 Å². The molecule has 0 aliphatic heterocycles. The number of aryl methyl sites for hydroxylation is 1. The molecule has 8 heteroatoms. The van der Waals surface area contributed by atoms with Gasteiger partial charge in [0.25, 0.3) is 5.56 Å². The number of nitrogens with one attached hydrogen (secondary N) is 1. The first-order chi connectivity index (χ1) is 17.8. The molecule has 2 aromatic carbocycles. The number of carbonyl (C=O) groups is 1. The summed E-state index contributed by atoms with van der Waals surface area (Å²) in [4.78, 5) is 25.2. The molecule has 3 aromatic rings. The SMILES string of the molecule is CCOc1cc(=O)n(C)cc1-c1cc(NC(=O)CC2C[C@H]3CC[C@H]2C3)ccc1Oc1ccc(F)cc1F. The second kappa shape index (κ2) is 10.4. The molecule has 37 heavy (non-hydrogen) atoms. The molecule has 0 radical (unpaired) electrons. The summed E-state index contributed by atoms with van der Waals surface area (Å²) in [5.74, 6) is 0.666. The third-order valence-corrected chi connectivity index (χ3v) is 7.49. The van der Waals surface area contributed by atoms with Crippen LogP contribution in [0.4, 0.5) is 14.5 Å². The topological polar surface area (TPSA) is 69.6 Å². The van der Waals surface area contributed by atoms with Gasteiger partial charge in [-0.1, -0.05) is 6.42 Å². The largest absolute Gasteiger partial charge is 0.493 e. The molecule has 3 atom stereocenters. The molecule has 5 rings (SSSR count). The Kier molecular flexibility index (Phi) is 7.00. The van der Waals surface area contributed by atoms with Crippen molar-refractivity contribution >= 4 is 11.6 Å². The van der Waals surface area contributed by atoms with Crippen molar-refractivity contribution in [3.63, 3.8) is 0 Å². The highest BCUT2D eigenvalue weighted by Gasteiger charge is 2.40. The average Bonchev–Trinajstić information content (AvgIpc) is 3.47. The maximum Gasteiger partial charge on any atom is 0.254 e. The fourth-order valence-corrected chi connectivity index (χ4v) is 5.75. The predicted octanol–water partition coefficient (Wildman–Crippen LogP) is 6.29. The second-order valence-corrected chi connectivity index (χ2v) is 10.0. The van der Waals surface area contributed by atoms with E-state index >= 15 is 0 Å². The summed E-state index contributed by atoms with van der Waals surface area (Å²) in [7, 11) is 1.61. The number of hydrogen-bond donors (Lipinski definition) is 1. The van der Waals surface area contributed by atoms with Crippen LogP contribution >= 0.6 is 0 Å². The monoisotopic (exact) mass is 508 g/mol. The maximum atomic E-state index is 14.4. The van der Waals surface area contributed by atoms with E-state index in [2.05, 4.69) is 5.32 Å². The van der Waals surface area contributed by atoms with Gasteiger partial charge in [0.05, 0.1) is 6.61 Å². The normalized spacial score (nSPS) is 20.2. The zero-order valence-corrected chi connectivity index (χ0v) is 20.9. The first-order valence-corrected chi connectivity index (χ1v) is 12.7. The lowest BCUT2D eigenvalue weighted by Crippen LogP contribution is -2.20. The smallest absolute Gasteiger partial charge is 0.254 e. The van der Waals surface area contributed by atoms with Gasteiger partial charge in [0.2, 0.25) is 5.91 Å². The quantitative estimate of drug-likeness (QED) is 0.389. The number of benzene rings is 2. The van der Waals surface area contributed by atoms with E-state index < -0.39 is 11.6 Å². The summed E-state index contributed by atoms with van der Waals surface area (Å²) < 4.78 is 40.8. The van der Waals surface area contributed by atoms with Crippen LogP contribution in [-0.2, 0) is 11.8 Å². The molecular formula is C29H30F2N2O4. The number of carbonyl (C=O) groups excluding carboxylic acids is 1. The maximum absolute atomic E-state index is 14.4. The number of fused-ring (bicyclic) bond motifs is 2. The summed E-state index contributed by atoms with van der Waals surface area (Å²) in [6.45, 7) is 2.13. The van der Waals surface area contributed by atoms with E-state index in [9.17, 15) is 18.4 Å². The number of aromatic nitrogens is 1. The van der Waals surface area contributed by atoms with Gasteiger partial charge in [0, 0.05) is 48.6 Å². The molecular weight excluding hydrogens is 478 g/mol. The molecule has 0 spiro atoms. The van der Waals surface area contributed by atoms with Crippen molar-refractivity contribution in [1.82, 2.24) is 4.57 Å². The minimum atomic E-state index is -0.848. The van der Waals surface area contributed by atoms with Crippen molar-refractivity contribution < 1.29 is 23.0 Å². The molecule has 1 unspecified atom stereocenters. The van der Waals surface area contributed by atoms with Crippen molar-refractivity contribution in [3.8, 4) is 28.4 Å². The van der Waals surface area contributed by atoms with Gasteiger partial charge in [-0.15, -0.1) is 0 Å². The van der Waals surface area contributed by atoms with Gasteiger partial charge in [0.1, 0.15) is 17.3 Å². The minimum absolute atomic E-state index is 0.0489. The van der Waals surface area contributed by atoms with Gasteiger partial charge in [0.15, 0.2) is 11.6 Å². The first kappa shape index (κ1) is 25.0. The van der Waals surface area contributed by atoms with E-state index in [0.717, 1.165) is 24.5 Å². The number of hydrogen-bond acceptors (Lipinski definition) is 4. The van der Waals surface area contributed by atoms with Crippen LogP contribution in [0.3, 0.4) is 0 Å². The molecule has 2 saturated carbocycles. The van der Waals surface area contributed by atoms with Crippen molar-refractivity contribution in [2.75, 3.05) is 11.9 Å². The van der Waals surface area contributed by atoms with Crippen LogP contribution in [0, 0.1) is 29.4 Å². The van der Waals surface area contributed by atoms with E-state index in [0.29, 0.717) is 47.4 Å². The highest BCUT2D eigenvalue weighted by Crippen LogP contribution is 2.49. The van der Waals surface area contributed by atoms with Crippen LogP contribution < -0.4 is 20.3 Å². The third kappa shape index (κ3) is 5.38. The Morgan fingerprint density at radius 2 is 1.84 bits per heavy atom. The number of rotatable bonds is 8. The van der Waals surface area contributed by atoms with E-state index in [4.69, 9.17) is 9.47 Å². The van der Waals surface area contributed by atoms with Crippen LogP contribution in [-0.4, -0.2) is 17.1 Å². The summed E-state index contributed by atoms with van der Waals surface area (Å²) >= 11 is 0. The van der Waals surface area contributed by atoms with Crippen LogP contribution in [0.25, 0.3) is 11.1 Å². The standard InChI is InChI=1S/C29H30F2N2O4/c1-3-36-27-15-29(35)33(2)16-23(27)22-14-21(32-28(34)12-19-11-17-4-5-18(19)10-17)7-9-25(22)37-26-8-6-20(30)13-24(26)31/h6-9,13-19H,3-5,10-12H2,1-2H3,(H,32,34)/t17-,18-,19?/m0/s1. The van der Waals surface area contributed by atoms with E-state index in [1.807, 2.05) is 0 Å². The Balaban J connectivity index is 1.49. The van der Waals surface area contributed by atoms with E-state index in [-0.39, 0.29) is 23.0 Å². The van der Waals surface area contributed by atoms with Gasteiger partial charge in [-0.2, -0.15) is 0 Å². The van der Waals surface area contributed by atoms with E-state index in [1.54, 1.807) is 38.4 Å². The molecule has 6 nitrogen and oxygen atoms in total. The van der Waals surface area contributed by atoms with Gasteiger partial charge in [-0.25, -0.2) is 8.78 Å². The summed E-state index contributed by atoms with van der Waals surface area (Å²) in [6, 6.07) is 9.47. The molecule has 0 saturated heterocycles. The number of amides is 1. The van der Waals surface area contributed by atoms with Gasteiger partial charge in [-0.05, 0) is 74.3 Å². The lowest BCUT2D eigenvalue weighted by atomic mass is 9.86. The number of ether oxygens (including phenoxy) is 2. The molecule has 2 fully saturated rings. The summed E-state index contributed by atoms with van der Waals surface area (Å²) in [5.41, 5.74) is 1.31. The fraction of sp³-hybridized carbons (Fsp3) is 0.379. The van der Waals surface area contributed by atoms with Crippen molar-refractivity contribution in [3.05, 3.63) is 70.6 Å². The number of nitrogens with zero attached hydrogens (tertiary/aromatic N) is 1. The highest BCUT2D eigenvalue weighted by atomic mass is 19.1. The molecule has 1 heterocycles.